The molecule has 4 nitrogen and oxygen atoms in total. The second-order valence-corrected chi connectivity index (χ2v) is 3.27. The van der Waals surface area contributed by atoms with Crippen molar-refractivity contribution < 1.29 is 16.0 Å². The number of benzene rings is 1. The summed E-state index contributed by atoms with van der Waals surface area (Å²) in [5, 5.41) is 8.61. The van der Waals surface area contributed by atoms with E-state index in [1.165, 1.54) is 0 Å². The van der Waals surface area contributed by atoms with Crippen LogP contribution in [-0.2, 0) is 11.2 Å². The van der Waals surface area contributed by atoms with Crippen molar-refractivity contribution in [2.75, 3.05) is 7.09 Å². The summed E-state index contributed by atoms with van der Waals surface area (Å²) in [7, 11) is -0.108. The minimum atomic E-state index is -0.978. The molecule has 0 unspecified atom stereocenters. The summed E-state index contributed by atoms with van der Waals surface area (Å²) in [5.74, 6) is -0.338. The molecule has 0 heterocycles. The molecule has 0 saturated carbocycles. The van der Waals surface area contributed by atoms with Crippen molar-refractivity contribution in [3.8, 4) is 5.75 Å². The normalized spacial score (nSPS) is 13.0. The summed E-state index contributed by atoms with van der Waals surface area (Å²) in [4.78, 5) is 10.5. The van der Waals surface area contributed by atoms with Gasteiger partial charge < -0.3 is 15.6 Å². The van der Waals surface area contributed by atoms with Crippen LogP contribution in [0.15, 0.2) is 24.3 Å². The fraction of sp³-hybridized carbons (Fsp3) is 0.364. The van der Waals surface area contributed by atoms with Gasteiger partial charge in [-0.15, -0.1) is 0 Å². The van der Waals surface area contributed by atoms with E-state index in [0.29, 0.717) is 18.6 Å². The van der Waals surface area contributed by atoms with Gasteiger partial charge in [-0.1, -0.05) is 12.1 Å². The maximum atomic E-state index is 10.5. The quantitative estimate of drug-likeness (QED) is 0.761. The van der Waals surface area contributed by atoms with E-state index in [1.54, 1.807) is 12.1 Å². The summed E-state index contributed by atoms with van der Waals surface area (Å²) in [6, 6.07) is 6.40. The van der Waals surface area contributed by atoms with Crippen LogP contribution in [0.1, 0.15) is 13.4 Å². The van der Waals surface area contributed by atoms with Crippen molar-refractivity contribution >= 4 is 5.97 Å². The molecule has 0 saturated heterocycles. The van der Waals surface area contributed by atoms with Gasteiger partial charge in [0.25, 0.3) is 0 Å². The Bertz CT molecular complexity index is 340. The van der Waals surface area contributed by atoms with Gasteiger partial charge in [0, 0.05) is 0 Å². The molecule has 0 bridgehead atoms. The molecule has 1 rings (SSSR count). The molecule has 15 heavy (non-hydrogen) atoms. The number of carboxylic acids is 1. The number of hydrogen-bond acceptors (Lipinski definition) is 3. The molecule has 0 aromatic heterocycles. The number of aryl methyl sites for hydroxylation is 1. The highest BCUT2D eigenvalue weighted by molar-refractivity contribution is 5.73. The fourth-order valence-corrected chi connectivity index (χ4v) is 1.20. The molecule has 3 N–H and O–H groups in total. The van der Waals surface area contributed by atoms with E-state index in [9.17, 15) is 4.79 Å². The van der Waals surface area contributed by atoms with Crippen LogP contribution in [-0.4, -0.2) is 24.2 Å². The van der Waals surface area contributed by atoms with Crippen LogP contribution in [0.2, 0.25) is 0 Å². The molecule has 82 valence electrons. The van der Waals surface area contributed by atoms with Crippen LogP contribution in [0, 0.1) is 0 Å². The number of hydrogen-bond donors (Lipinski definition) is 2. The number of carbonyl (C=O) groups is 1. The largest absolute Gasteiger partial charge is 0.497 e. The molecule has 0 amide bonds. The maximum Gasteiger partial charge on any atom is 0.320 e. The number of ether oxygens (including phenoxy) is 1. The second-order valence-electron chi connectivity index (χ2n) is 3.27. The third-order valence-corrected chi connectivity index (χ3v) is 2.15. The van der Waals surface area contributed by atoms with Gasteiger partial charge in [-0.25, -0.2) is 0 Å². The van der Waals surface area contributed by atoms with Crippen molar-refractivity contribution in [1.82, 2.24) is 0 Å². The number of nitrogens with two attached hydrogens (primary N) is 1. The topological polar surface area (TPSA) is 72.5 Å². The van der Waals surface area contributed by atoms with Gasteiger partial charge in [-0.3, -0.25) is 4.79 Å². The third-order valence-electron chi connectivity index (χ3n) is 2.15. The molecule has 0 aliphatic carbocycles. The van der Waals surface area contributed by atoms with Crippen LogP contribution in [0.25, 0.3) is 0 Å². The van der Waals surface area contributed by atoms with E-state index < -0.39 is 12.0 Å². The van der Waals surface area contributed by atoms with E-state index in [1.807, 2.05) is 12.1 Å². The highest BCUT2D eigenvalue weighted by Gasteiger charge is 2.10. The van der Waals surface area contributed by atoms with Crippen molar-refractivity contribution in [3.63, 3.8) is 0 Å². The Hall–Kier alpha value is -1.55. The number of aliphatic carboxylic acids is 1. The van der Waals surface area contributed by atoms with Gasteiger partial charge in [-0.2, -0.15) is 0 Å². The lowest BCUT2D eigenvalue weighted by Gasteiger charge is -2.06. The van der Waals surface area contributed by atoms with Gasteiger partial charge >= 0.3 is 5.97 Å². The summed E-state index contributed by atoms with van der Waals surface area (Å²) < 4.78 is 11.8. The Kier molecular flexibility index (Phi) is 3.57. The van der Waals surface area contributed by atoms with Crippen LogP contribution < -0.4 is 10.5 Å². The summed E-state index contributed by atoms with van der Waals surface area (Å²) in [6.45, 7) is 0. The molecule has 0 spiro atoms. The molecule has 0 aliphatic rings. The smallest absolute Gasteiger partial charge is 0.320 e. The second kappa shape index (κ2) is 5.36. The minimum absolute atomic E-state index is 0.108. The molecule has 4 heteroatoms. The number of methoxy groups -OCH3 is 1. The first kappa shape index (κ1) is 9.98. The van der Waals surface area contributed by atoms with E-state index >= 15 is 0 Å². The lowest BCUT2D eigenvalue weighted by molar-refractivity contribution is -0.138. The van der Waals surface area contributed by atoms with Gasteiger partial charge in [0.1, 0.15) is 11.8 Å². The Morgan fingerprint density at radius 1 is 1.60 bits per heavy atom. The standard InChI is InChI=1S/C11H15NO3/c1-15-9-5-2-8(3-6-9)4-7-10(12)11(13)14/h2-3,5-6,10H,4,7,12H2,1H3,(H,13,14)/t10-/m0/s1/i1D. The highest BCUT2D eigenvalue weighted by atomic mass is 16.5. The van der Waals surface area contributed by atoms with E-state index in [4.69, 9.17) is 16.9 Å². The predicted octanol–water partition coefficient (Wildman–Crippen LogP) is 1.04. The van der Waals surface area contributed by atoms with Crippen molar-refractivity contribution in [2.24, 2.45) is 5.73 Å². The minimum Gasteiger partial charge on any atom is -0.497 e. The van der Waals surface area contributed by atoms with Gasteiger partial charge in [0.2, 0.25) is 0 Å². The van der Waals surface area contributed by atoms with Gasteiger partial charge in [0.15, 0.2) is 0 Å². The lowest BCUT2D eigenvalue weighted by atomic mass is 10.1. The van der Waals surface area contributed by atoms with Crippen LogP contribution in [0.3, 0.4) is 0 Å². The Labute approximate surface area is 90.1 Å². The number of carboxylic acid groups (broad SMARTS) is 1. The molecule has 0 aliphatic heterocycles. The first-order chi connectivity index (χ1) is 7.63. The SMILES string of the molecule is [2H]COc1ccc(CC[C@H](N)C(=O)O)cc1. The third kappa shape index (κ3) is 3.59. The Morgan fingerprint density at radius 2 is 2.27 bits per heavy atom. The molecular weight excluding hydrogens is 194 g/mol. The van der Waals surface area contributed by atoms with E-state index in [0.717, 1.165) is 5.56 Å². The highest BCUT2D eigenvalue weighted by Crippen LogP contribution is 2.12. The average Bonchev–Trinajstić information content (AvgIpc) is 2.28. The van der Waals surface area contributed by atoms with Gasteiger partial charge in [0.05, 0.1) is 8.46 Å². The van der Waals surface area contributed by atoms with Crippen molar-refractivity contribution in [2.45, 2.75) is 18.9 Å². The van der Waals surface area contributed by atoms with Gasteiger partial charge in [-0.05, 0) is 30.5 Å². The zero-order valence-electron chi connectivity index (χ0n) is 9.35. The van der Waals surface area contributed by atoms with Crippen molar-refractivity contribution in [1.29, 1.82) is 0 Å². The first-order valence-corrected chi connectivity index (χ1v) is 4.63. The average molecular weight is 210 g/mol. The molecule has 0 radical (unpaired) electrons. The monoisotopic (exact) mass is 210 g/mol. The maximum absolute atomic E-state index is 10.5. The number of rotatable bonds is 5. The van der Waals surface area contributed by atoms with Crippen molar-refractivity contribution in [3.05, 3.63) is 29.8 Å². The first-order valence-electron chi connectivity index (χ1n) is 5.33. The Balaban J connectivity index is 2.46. The molecule has 1 aromatic rings. The Morgan fingerprint density at radius 3 is 2.80 bits per heavy atom. The van der Waals surface area contributed by atoms with Crippen LogP contribution in [0.4, 0.5) is 0 Å². The summed E-state index contributed by atoms with van der Waals surface area (Å²) in [5.41, 5.74) is 6.40. The predicted molar refractivity (Wildman–Crippen MR) is 56.9 cm³/mol. The fourth-order valence-electron chi connectivity index (χ4n) is 1.20. The van der Waals surface area contributed by atoms with E-state index in [2.05, 4.69) is 0 Å². The molecule has 0 fully saturated rings. The van der Waals surface area contributed by atoms with Crippen LogP contribution >= 0.6 is 0 Å². The molecule has 1 aromatic carbocycles. The summed E-state index contributed by atoms with van der Waals surface area (Å²) in [6.07, 6.45) is 1.03. The summed E-state index contributed by atoms with van der Waals surface area (Å²) >= 11 is 0. The zero-order chi connectivity index (χ0) is 12.0. The van der Waals surface area contributed by atoms with Crippen LogP contribution in [0.5, 0.6) is 5.75 Å². The van der Waals surface area contributed by atoms with E-state index in [-0.39, 0.29) is 7.09 Å². The lowest BCUT2D eigenvalue weighted by Crippen LogP contribution is -2.30. The molecule has 1 atom stereocenters. The molecular formula is C11H15NO3. The zero-order valence-corrected chi connectivity index (χ0v) is 8.35.